The van der Waals surface area contributed by atoms with Crippen LogP contribution in [0.2, 0.25) is 0 Å². The van der Waals surface area contributed by atoms with Gasteiger partial charge in [-0.05, 0) is 55.0 Å². The summed E-state index contributed by atoms with van der Waals surface area (Å²) < 4.78 is 38.2. The quantitative estimate of drug-likeness (QED) is 0.754. The summed E-state index contributed by atoms with van der Waals surface area (Å²) >= 11 is 0. The van der Waals surface area contributed by atoms with Crippen molar-refractivity contribution in [1.82, 2.24) is 4.90 Å². The minimum absolute atomic E-state index is 0.0526. The fraction of sp³-hybridized carbons (Fsp3) is 0.391. The highest BCUT2D eigenvalue weighted by molar-refractivity contribution is 5.94. The molecule has 1 heterocycles. The molecule has 1 amide bonds. The molecule has 4 rings (SSSR count). The van der Waals surface area contributed by atoms with Crippen molar-refractivity contribution in [3.63, 3.8) is 0 Å². The second-order valence-corrected chi connectivity index (χ2v) is 8.05. The van der Waals surface area contributed by atoms with E-state index in [1.54, 1.807) is 24.3 Å². The van der Waals surface area contributed by atoms with E-state index in [0.29, 0.717) is 37.2 Å². The van der Waals surface area contributed by atoms with Crippen LogP contribution in [-0.2, 0) is 4.74 Å². The first kappa shape index (κ1) is 21.2. The van der Waals surface area contributed by atoms with Crippen LogP contribution < -0.4 is 4.74 Å². The molecule has 2 aliphatic rings. The summed E-state index contributed by atoms with van der Waals surface area (Å²) in [4.78, 5) is 26.0. The van der Waals surface area contributed by atoms with Crippen LogP contribution in [0, 0.1) is 23.5 Å². The average molecular weight is 431 g/mol. The third-order valence-corrected chi connectivity index (χ3v) is 6.10. The smallest absolute Gasteiger partial charge is 0.337 e. The number of hydrogen-bond donors (Lipinski definition) is 1. The molecule has 2 aromatic carbocycles. The fourth-order valence-electron chi connectivity index (χ4n) is 4.51. The largest absolute Gasteiger partial charge is 0.488 e. The van der Waals surface area contributed by atoms with Crippen LogP contribution in [0.4, 0.5) is 8.78 Å². The van der Waals surface area contributed by atoms with Gasteiger partial charge in [0.25, 0.3) is 5.91 Å². The van der Waals surface area contributed by atoms with E-state index in [-0.39, 0.29) is 17.4 Å². The fourth-order valence-corrected chi connectivity index (χ4v) is 4.51. The number of benzene rings is 2. The van der Waals surface area contributed by atoms with E-state index in [2.05, 4.69) is 0 Å². The molecule has 4 atom stereocenters. The monoisotopic (exact) mass is 431 g/mol. The summed E-state index contributed by atoms with van der Waals surface area (Å²) in [5, 5.41) is 10.6. The molecule has 0 unspecified atom stereocenters. The van der Waals surface area contributed by atoms with Crippen LogP contribution in [0.5, 0.6) is 5.75 Å². The Balaban J connectivity index is 1.44. The third kappa shape index (κ3) is 4.25. The maximum atomic E-state index is 14.0. The Bertz CT molecular complexity index is 998. The highest BCUT2D eigenvalue weighted by Crippen LogP contribution is 2.38. The van der Waals surface area contributed by atoms with E-state index in [4.69, 9.17) is 9.47 Å². The van der Waals surface area contributed by atoms with Crippen LogP contribution in [-0.4, -0.2) is 54.3 Å². The third-order valence-electron chi connectivity index (χ3n) is 6.10. The zero-order valence-corrected chi connectivity index (χ0v) is 17.0. The van der Waals surface area contributed by atoms with Gasteiger partial charge in [0, 0.05) is 13.1 Å². The zero-order valence-electron chi connectivity index (χ0n) is 17.0. The van der Waals surface area contributed by atoms with Gasteiger partial charge in [-0.2, -0.15) is 0 Å². The van der Waals surface area contributed by atoms with Gasteiger partial charge in [-0.15, -0.1) is 0 Å². The van der Waals surface area contributed by atoms with Crippen LogP contribution >= 0.6 is 0 Å². The summed E-state index contributed by atoms with van der Waals surface area (Å²) in [5.41, 5.74) is 0.0598. The van der Waals surface area contributed by atoms with Crippen molar-refractivity contribution in [2.45, 2.75) is 25.0 Å². The first-order valence-corrected chi connectivity index (χ1v) is 10.1. The molecule has 0 spiro atoms. The minimum atomic E-state index is -1.14. The summed E-state index contributed by atoms with van der Waals surface area (Å²) in [7, 11) is 1.30. The Kier molecular flexibility index (Phi) is 5.91. The first-order valence-electron chi connectivity index (χ1n) is 10.1. The topological polar surface area (TPSA) is 76.1 Å². The van der Waals surface area contributed by atoms with Gasteiger partial charge in [0.15, 0.2) is 11.6 Å². The van der Waals surface area contributed by atoms with Crippen LogP contribution in [0.3, 0.4) is 0 Å². The van der Waals surface area contributed by atoms with Gasteiger partial charge in [-0.25, -0.2) is 13.6 Å². The standard InChI is InChI=1S/C23H23F2NO5/c1-30-23(29)13-4-2-5-16(8-13)31-20-10-15-12-26(11-14(15)9-19(20)27)22(28)17-6-3-7-18(24)21(17)25/h2-8,14-15,19-20,27H,9-12H2,1H3/t14-,15+,19+,20+/m0/s1. The number of hydrogen-bond acceptors (Lipinski definition) is 5. The van der Waals surface area contributed by atoms with Gasteiger partial charge in [-0.1, -0.05) is 12.1 Å². The molecule has 0 bridgehead atoms. The Morgan fingerprint density at radius 2 is 1.77 bits per heavy atom. The second kappa shape index (κ2) is 8.63. The summed E-state index contributed by atoms with van der Waals surface area (Å²) in [6.45, 7) is 0.759. The van der Waals surface area contributed by atoms with Gasteiger partial charge >= 0.3 is 5.97 Å². The molecule has 8 heteroatoms. The van der Waals surface area contributed by atoms with E-state index < -0.39 is 35.7 Å². The number of aliphatic hydroxyl groups is 1. The molecule has 1 N–H and O–H groups in total. The van der Waals surface area contributed by atoms with E-state index in [9.17, 15) is 23.5 Å². The lowest BCUT2D eigenvalue weighted by atomic mass is 9.78. The predicted molar refractivity (Wildman–Crippen MR) is 107 cm³/mol. The number of ether oxygens (including phenoxy) is 2. The highest BCUT2D eigenvalue weighted by atomic mass is 19.2. The molecule has 0 radical (unpaired) electrons. The van der Waals surface area contributed by atoms with E-state index in [0.717, 1.165) is 6.07 Å². The van der Waals surface area contributed by atoms with Crippen molar-refractivity contribution in [2.24, 2.45) is 11.8 Å². The van der Waals surface area contributed by atoms with Crippen molar-refractivity contribution in [2.75, 3.05) is 20.2 Å². The van der Waals surface area contributed by atoms with E-state index in [1.165, 1.54) is 24.1 Å². The number of carbonyl (C=O) groups excluding carboxylic acids is 2. The Labute approximate surface area is 178 Å². The second-order valence-electron chi connectivity index (χ2n) is 8.05. The molecule has 31 heavy (non-hydrogen) atoms. The summed E-state index contributed by atoms with van der Waals surface area (Å²) in [5.74, 6) is -2.67. The number of rotatable bonds is 4. The maximum absolute atomic E-state index is 14.0. The summed E-state index contributed by atoms with van der Waals surface area (Å²) in [6, 6.07) is 10.1. The Morgan fingerprint density at radius 3 is 2.52 bits per heavy atom. The molecule has 0 aromatic heterocycles. The van der Waals surface area contributed by atoms with Crippen molar-refractivity contribution in [3.05, 3.63) is 65.2 Å². The van der Waals surface area contributed by atoms with Crippen LogP contribution in [0.1, 0.15) is 33.6 Å². The average Bonchev–Trinajstić information content (AvgIpc) is 3.17. The molecule has 1 saturated carbocycles. The number of nitrogens with zero attached hydrogens (tertiary/aromatic N) is 1. The normalized spacial score (nSPS) is 25.1. The van der Waals surface area contributed by atoms with Crippen LogP contribution in [0.15, 0.2) is 42.5 Å². The molecule has 6 nitrogen and oxygen atoms in total. The lowest BCUT2D eigenvalue weighted by molar-refractivity contribution is -0.0231. The van der Waals surface area contributed by atoms with Gasteiger partial charge in [-0.3, -0.25) is 4.79 Å². The molecule has 1 saturated heterocycles. The number of fused-ring (bicyclic) bond motifs is 1. The van der Waals surface area contributed by atoms with Gasteiger partial charge < -0.3 is 19.5 Å². The lowest BCUT2D eigenvalue weighted by Crippen LogP contribution is -2.42. The zero-order chi connectivity index (χ0) is 22.1. The number of esters is 1. The molecule has 164 valence electrons. The number of halogens is 2. The Morgan fingerprint density at radius 1 is 1.06 bits per heavy atom. The highest BCUT2D eigenvalue weighted by Gasteiger charge is 2.44. The molecule has 1 aliphatic carbocycles. The number of amides is 1. The predicted octanol–water partition coefficient (Wildman–Crippen LogP) is 3.04. The Hall–Kier alpha value is -3.00. The van der Waals surface area contributed by atoms with Gasteiger partial charge in [0.05, 0.1) is 24.3 Å². The van der Waals surface area contributed by atoms with E-state index >= 15 is 0 Å². The summed E-state index contributed by atoms with van der Waals surface area (Å²) in [6.07, 6.45) is -0.315. The maximum Gasteiger partial charge on any atom is 0.337 e. The number of carbonyl (C=O) groups is 2. The molecular formula is C23H23F2NO5. The molecular weight excluding hydrogens is 408 g/mol. The number of methoxy groups -OCH3 is 1. The van der Waals surface area contributed by atoms with Crippen molar-refractivity contribution in [3.8, 4) is 5.75 Å². The number of aliphatic hydroxyl groups excluding tert-OH is 1. The first-order chi connectivity index (χ1) is 14.9. The molecule has 2 aromatic rings. The lowest BCUT2D eigenvalue weighted by Gasteiger charge is -2.35. The molecule has 2 fully saturated rings. The van der Waals surface area contributed by atoms with Crippen LogP contribution in [0.25, 0.3) is 0 Å². The van der Waals surface area contributed by atoms with Gasteiger partial charge in [0.1, 0.15) is 11.9 Å². The van der Waals surface area contributed by atoms with Crippen molar-refractivity contribution < 1.29 is 33.0 Å². The van der Waals surface area contributed by atoms with Crippen molar-refractivity contribution >= 4 is 11.9 Å². The minimum Gasteiger partial charge on any atom is -0.488 e. The molecule has 1 aliphatic heterocycles. The van der Waals surface area contributed by atoms with Gasteiger partial charge in [0.2, 0.25) is 0 Å². The SMILES string of the molecule is COC(=O)c1cccc(O[C@@H]2C[C@@H]3CN(C(=O)c4cccc(F)c4F)C[C@@H]3C[C@H]2O)c1. The van der Waals surface area contributed by atoms with E-state index in [1.807, 2.05) is 0 Å². The van der Waals surface area contributed by atoms with Crippen molar-refractivity contribution in [1.29, 1.82) is 0 Å². The number of likely N-dealkylation sites (tertiary alicyclic amines) is 1.